The van der Waals surface area contributed by atoms with Gasteiger partial charge < -0.3 is 0 Å². The van der Waals surface area contributed by atoms with Crippen LogP contribution in [0.2, 0.25) is 0 Å². The molecule has 0 bridgehead atoms. The summed E-state index contributed by atoms with van der Waals surface area (Å²) in [5, 5.41) is 0. The third kappa shape index (κ3) is 4.31. The Hall–Kier alpha value is -1.56. The molecule has 2 rings (SSSR count). The molecule has 0 N–H and O–H groups in total. The van der Waals surface area contributed by atoms with Crippen molar-refractivity contribution in [1.29, 1.82) is 0 Å². The van der Waals surface area contributed by atoms with Gasteiger partial charge >= 0.3 is 0 Å². The summed E-state index contributed by atoms with van der Waals surface area (Å²) in [5.74, 6) is 0. The van der Waals surface area contributed by atoms with Gasteiger partial charge in [0, 0.05) is 0 Å². The highest BCUT2D eigenvalue weighted by Crippen LogP contribution is 2.02. The van der Waals surface area contributed by atoms with E-state index in [1.54, 1.807) is 0 Å². The van der Waals surface area contributed by atoms with Crippen molar-refractivity contribution in [3.8, 4) is 0 Å². The molecule has 0 nitrogen and oxygen atoms in total. The first kappa shape index (κ1) is 12.5. The van der Waals surface area contributed by atoms with Gasteiger partial charge in [-0.1, -0.05) is 54.6 Å². The molecule has 1 radical (unpaired) electrons. The van der Waals surface area contributed by atoms with Gasteiger partial charge in [-0.25, -0.2) is 0 Å². The molecular weight excluding hydrogens is 192 g/mol. The molecule has 0 aromatic heterocycles. The van der Waals surface area contributed by atoms with Crippen molar-refractivity contribution < 1.29 is 0 Å². The molecule has 0 heterocycles. The lowest BCUT2D eigenvalue weighted by Crippen LogP contribution is -1.74. The molecule has 0 spiro atoms. The lowest BCUT2D eigenvalue weighted by molar-refractivity contribution is 1.27. The molecule has 2 aromatic carbocycles. The van der Waals surface area contributed by atoms with Gasteiger partial charge in [-0.2, -0.15) is 0 Å². The Bertz CT molecular complexity index is 380. The summed E-state index contributed by atoms with van der Waals surface area (Å²) in [7, 11) is 0. The SMILES string of the molecule is Cc1ccccc1C.[CH2]Cc1ccccc1. The number of hydrogen-bond acceptors (Lipinski definition) is 0. The number of rotatable bonds is 1. The van der Waals surface area contributed by atoms with Crippen LogP contribution in [0.3, 0.4) is 0 Å². The maximum Gasteiger partial charge on any atom is -0.0279 e. The van der Waals surface area contributed by atoms with E-state index in [2.05, 4.69) is 57.2 Å². The summed E-state index contributed by atoms with van der Waals surface area (Å²) in [4.78, 5) is 0. The number of benzene rings is 2. The van der Waals surface area contributed by atoms with Crippen molar-refractivity contribution in [3.05, 3.63) is 78.2 Å². The predicted molar refractivity (Wildman–Crippen MR) is 71.4 cm³/mol. The summed E-state index contributed by atoms with van der Waals surface area (Å²) in [5.41, 5.74) is 4.03. The maximum absolute atomic E-state index is 3.76. The zero-order valence-corrected chi connectivity index (χ0v) is 10.1. The molecule has 0 fully saturated rings. The Labute approximate surface area is 99.0 Å². The van der Waals surface area contributed by atoms with Crippen molar-refractivity contribution in [1.82, 2.24) is 0 Å². The summed E-state index contributed by atoms with van der Waals surface area (Å²) >= 11 is 0. The molecule has 0 heteroatoms. The fourth-order valence-electron chi connectivity index (χ4n) is 1.31. The van der Waals surface area contributed by atoms with Crippen molar-refractivity contribution in [2.24, 2.45) is 0 Å². The van der Waals surface area contributed by atoms with E-state index >= 15 is 0 Å². The first-order chi connectivity index (χ1) is 7.74. The summed E-state index contributed by atoms with van der Waals surface area (Å²) in [6.07, 6.45) is 0.890. The molecule has 0 unspecified atom stereocenters. The number of aryl methyl sites for hydroxylation is 2. The summed E-state index contributed by atoms with van der Waals surface area (Å²) < 4.78 is 0. The molecule has 0 aliphatic heterocycles. The fraction of sp³-hybridized carbons (Fsp3) is 0.188. The summed E-state index contributed by atoms with van der Waals surface area (Å²) in [6, 6.07) is 18.6. The second-order valence-corrected chi connectivity index (χ2v) is 3.82. The quantitative estimate of drug-likeness (QED) is 0.657. The van der Waals surface area contributed by atoms with E-state index in [9.17, 15) is 0 Å². The monoisotopic (exact) mass is 211 g/mol. The van der Waals surface area contributed by atoms with Gasteiger partial charge in [0.2, 0.25) is 0 Å². The molecule has 0 aliphatic carbocycles. The van der Waals surface area contributed by atoms with Crippen LogP contribution < -0.4 is 0 Å². The first-order valence-corrected chi connectivity index (χ1v) is 5.59. The average Bonchev–Trinajstić information content (AvgIpc) is 2.35. The molecule has 0 aliphatic rings. The number of hydrogen-bond donors (Lipinski definition) is 0. The fourth-order valence-corrected chi connectivity index (χ4v) is 1.31. The van der Waals surface area contributed by atoms with Crippen LogP contribution in [0.4, 0.5) is 0 Å². The highest BCUT2D eigenvalue weighted by atomic mass is 13.9. The van der Waals surface area contributed by atoms with Crippen LogP contribution in [-0.4, -0.2) is 0 Å². The Morgan fingerprint density at radius 1 is 0.750 bits per heavy atom. The van der Waals surface area contributed by atoms with E-state index < -0.39 is 0 Å². The Morgan fingerprint density at radius 2 is 1.19 bits per heavy atom. The lowest BCUT2D eigenvalue weighted by Gasteiger charge is -1.93. The van der Waals surface area contributed by atoms with Crippen molar-refractivity contribution in [3.63, 3.8) is 0 Å². The zero-order valence-electron chi connectivity index (χ0n) is 10.1. The van der Waals surface area contributed by atoms with Crippen LogP contribution in [-0.2, 0) is 6.42 Å². The average molecular weight is 211 g/mol. The molecule has 0 amide bonds. The van der Waals surface area contributed by atoms with Gasteiger partial charge in [0.05, 0.1) is 0 Å². The van der Waals surface area contributed by atoms with Gasteiger partial charge in [-0.3, -0.25) is 0 Å². The van der Waals surface area contributed by atoms with Gasteiger partial charge in [0.25, 0.3) is 0 Å². The molecule has 0 saturated carbocycles. The minimum absolute atomic E-state index is 0.890. The van der Waals surface area contributed by atoms with Gasteiger partial charge in [-0.05, 0) is 43.9 Å². The Kier molecular flexibility index (Phi) is 5.35. The minimum atomic E-state index is 0.890. The Balaban J connectivity index is 0.000000160. The van der Waals surface area contributed by atoms with Crippen LogP contribution in [0.15, 0.2) is 54.6 Å². The third-order valence-electron chi connectivity index (χ3n) is 2.56. The third-order valence-corrected chi connectivity index (χ3v) is 2.56. The predicted octanol–water partition coefficient (Wildman–Crippen LogP) is 4.37. The highest BCUT2D eigenvalue weighted by molar-refractivity contribution is 5.23. The molecule has 0 saturated heterocycles. The summed E-state index contributed by atoms with van der Waals surface area (Å²) in [6.45, 7) is 8.00. The van der Waals surface area contributed by atoms with Crippen molar-refractivity contribution in [2.75, 3.05) is 0 Å². The van der Waals surface area contributed by atoms with Crippen LogP contribution in [0, 0.1) is 20.8 Å². The van der Waals surface area contributed by atoms with Gasteiger partial charge in [0.1, 0.15) is 0 Å². The van der Waals surface area contributed by atoms with Crippen LogP contribution in [0.1, 0.15) is 16.7 Å². The van der Waals surface area contributed by atoms with Crippen molar-refractivity contribution >= 4 is 0 Å². The van der Waals surface area contributed by atoms with Crippen LogP contribution >= 0.6 is 0 Å². The van der Waals surface area contributed by atoms with Gasteiger partial charge in [0.15, 0.2) is 0 Å². The van der Waals surface area contributed by atoms with E-state index in [-0.39, 0.29) is 0 Å². The van der Waals surface area contributed by atoms with Crippen LogP contribution in [0.5, 0.6) is 0 Å². The van der Waals surface area contributed by atoms with Gasteiger partial charge in [-0.15, -0.1) is 0 Å². The van der Waals surface area contributed by atoms with E-state index in [1.165, 1.54) is 16.7 Å². The van der Waals surface area contributed by atoms with E-state index in [1.807, 2.05) is 18.2 Å². The second-order valence-electron chi connectivity index (χ2n) is 3.82. The topological polar surface area (TPSA) is 0 Å². The molecular formula is C16H19. The van der Waals surface area contributed by atoms with E-state index in [0.717, 1.165) is 6.42 Å². The maximum atomic E-state index is 3.76. The normalized spacial score (nSPS) is 9.19. The largest absolute Gasteiger partial charge is 0.0622 e. The zero-order chi connectivity index (χ0) is 11.8. The van der Waals surface area contributed by atoms with Crippen molar-refractivity contribution in [2.45, 2.75) is 20.3 Å². The second kappa shape index (κ2) is 6.84. The van der Waals surface area contributed by atoms with E-state index in [4.69, 9.17) is 0 Å². The minimum Gasteiger partial charge on any atom is -0.0622 e. The smallest absolute Gasteiger partial charge is 0.0279 e. The molecule has 0 atom stereocenters. The standard InChI is InChI=1S/C8H10.C8H9/c1-7-5-3-4-6-8(7)2;1-2-8-6-4-3-5-7-8/h3-6H,1-2H3;3-7H,1-2H2. The first-order valence-electron chi connectivity index (χ1n) is 5.59. The lowest BCUT2D eigenvalue weighted by atomic mass is 10.1. The molecule has 83 valence electrons. The molecule has 2 aromatic rings. The highest BCUT2D eigenvalue weighted by Gasteiger charge is 1.83. The molecule has 16 heavy (non-hydrogen) atoms. The van der Waals surface area contributed by atoms with Crippen LogP contribution in [0.25, 0.3) is 0 Å². The Morgan fingerprint density at radius 3 is 1.50 bits per heavy atom. The van der Waals surface area contributed by atoms with E-state index in [0.29, 0.717) is 0 Å².